The molecule has 0 aliphatic carbocycles. The number of aliphatic hydroxyl groups is 2. The summed E-state index contributed by atoms with van der Waals surface area (Å²) in [6.45, 7) is 1.62. The molecule has 0 amide bonds. The molecule has 0 saturated heterocycles. The van der Waals surface area contributed by atoms with Crippen molar-refractivity contribution in [2.45, 2.75) is 18.6 Å². The number of methoxy groups -OCH3 is 1. The van der Waals surface area contributed by atoms with E-state index in [-0.39, 0.29) is 0 Å². The molecule has 0 spiro atoms. The largest absolute Gasteiger partial charge is 0.389 e. The summed E-state index contributed by atoms with van der Waals surface area (Å²) in [5, 5.41) is 19.6. The molecule has 2 atom stereocenters. The molecular weight excluding hydrogens is 230 g/mol. The van der Waals surface area contributed by atoms with Crippen molar-refractivity contribution >= 4 is 0 Å². The van der Waals surface area contributed by atoms with Crippen LogP contribution in [-0.4, -0.2) is 55.1 Å². The Kier molecular flexibility index (Phi) is 6.90. The summed E-state index contributed by atoms with van der Waals surface area (Å²) in [6, 6.07) is 9.62. The van der Waals surface area contributed by atoms with Crippen molar-refractivity contribution in [1.82, 2.24) is 4.90 Å². The van der Waals surface area contributed by atoms with E-state index < -0.39 is 12.2 Å². The first kappa shape index (κ1) is 15.1. The van der Waals surface area contributed by atoms with Gasteiger partial charge in [0.2, 0.25) is 0 Å². The van der Waals surface area contributed by atoms with Gasteiger partial charge in [0, 0.05) is 20.2 Å². The quantitative estimate of drug-likeness (QED) is 0.727. The van der Waals surface area contributed by atoms with Gasteiger partial charge in [0.25, 0.3) is 0 Å². The number of likely N-dealkylation sites (N-methyl/N-ethyl adjacent to an activating group) is 1. The van der Waals surface area contributed by atoms with Gasteiger partial charge in [-0.25, -0.2) is 0 Å². The minimum absolute atomic E-state index is 0.339. The lowest BCUT2D eigenvalue weighted by Crippen LogP contribution is -2.33. The van der Waals surface area contributed by atoms with Crippen molar-refractivity contribution in [1.29, 1.82) is 0 Å². The Morgan fingerprint density at radius 3 is 2.50 bits per heavy atom. The maximum Gasteiger partial charge on any atom is 0.0899 e. The number of nitrogens with zero attached hydrogens (tertiary/aromatic N) is 1. The number of hydrogen-bond acceptors (Lipinski definition) is 4. The van der Waals surface area contributed by atoms with Gasteiger partial charge in [-0.3, -0.25) is 0 Å². The topological polar surface area (TPSA) is 52.9 Å². The molecule has 1 aromatic carbocycles. The zero-order chi connectivity index (χ0) is 13.4. The molecule has 0 aliphatic heterocycles. The number of ether oxygens (including phenoxy) is 1. The van der Waals surface area contributed by atoms with Crippen molar-refractivity contribution < 1.29 is 14.9 Å². The van der Waals surface area contributed by atoms with Crippen LogP contribution < -0.4 is 0 Å². The highest BCUT2D eigenvalue weighted by Crippen LogP contribution is 2.15. The molecule has 0 radical (unpaired) electrons. The van der Waals surface area contributed by atoms with Crippen LogP contribution >= 0.6 is 0 Å². The summed E-state index contributed by atoms with van der Waals surface area (Å²) in [6.07, 6.45) is -0.276. The molecule has 102 valence electrons. The lowest BCUT2D eigenvalue weighted by atomic mass is 10.1. The molecule has 0 aliphatic rings. The smallest absolute Gasteiger partial charge is 0.0899 e. The molecule has 0 aromatic heterocycles. The Labute approximate surface area is 109 Å². The number of hydrogen-bond donors (Lipinski definition) is 2. The molecule has 1 rings (SSSR count). The average molecular weight is 253 g/mol. The predicted octanol–water partition coefficient (Wildman–Crippen LogP) is 1.05. The first-order chi connectivity index (χ1) is 8.63. The minimum Gasteiger partial charge on any atom is -0.389 e. The van der Waals surface area contributed by atoms with Crippen molar-refractivity contribution in [2.24, 2.45) is 0 Å². The third kappa shape index (κ3) is 5.60. The van der Waals surface area contributed by atoms with E-state index in [9.17, 15) is 10.2 Å². The van der Waals surface area contributed by atoms with Crippen LogP contribution in [0.3, 0.4) is 0 Å². The highest BCUT2D eigenvalue weighted by Gasteiger charge is 2.11. The van der Waals surface area contributed by atoms with Gasteiger partial charge in [-0.1, -0.05) is 30.3 Å². The van der Waals surface area contributed by atoms with E-state index in [1.165, 1.54) is 0 Å². The molecule has 2 N–H and O–H groups in total. The fraction of sp³-hybridized carbons (Fsp3) is 0.571. The fourth-order valence-corrected chi connectivity index (χ4v) is 1.88. The van der Waals surface area contributed by atoms with E-state index in [1.807, 2.05) is 42.3 Å². The molecule has 4 nitrogen and oxygen atoms in total. The fourth-order valence-electron chi connectivity index (χ4n) is 1.88. The zero-order valence-electron chi connectivity index (χ0n) is 11.1. The highest BCUT2D eigenvalue weighted by atomic mass is 16.5. The molecule has 0 bridgehead atoms. The van der Waals surface area contributed by atoms with Crippen molar-refractivity contribution in [3.05, 3.63) is 35.9 Å². The monoisotopic (exact) mass is 253 g/mol. The van der Waals surface area contributed by atoms with Crippen LogP contribution in [0.15, 0.2) is 30.3 Å². The van der Waals surface area contributed by atoms with Crippen LogP contribution in [0.1, 0.15) is 18.1 Å². The summed E-state index contributed by atoms with van der Waals surface area (Å²) >= 11 is 0. The maximum absolute atomic E-state index is 9.99. The Bertz CT molecular complexity index is 318. The van der Waals surface area contributed by atoms with Gasteiger partial charge in [-0.05, 0) is 19.0 Å². The number of benzene rings is 1. The molecule has 1 aromatic rings. The van der Waals surface area contributed by atoms with E-state index in [4.69, 9.17) is 4.74 Å². The van der Waals surface area contributed by atoms with Gasteiger partial charge in [0.05, 0.1) is 18.8 Å². The molecular formula is C14H23NO3. The lowest BCUT2D eigenvalue weighted by Gasteiger charge is -2.21. The summed E-state index contributed by atoms with van der Waals surface area (Å²) in [7, 11) is 3.50. The standard InChI is InChI=1S/C14H23NO3/c1-15(10-13(16)11-18-2)9-8-14(17)12-6-4-3-5-7-12/h3-7,13-14,16-17H,8-11H2,1-2H3. The second kappa shape index (κ2) is 8.21. The van der Waals surface area contributed by atoms with Crippen LogP contribution in [0.2, 0.25) is 0 Å². The minimum atomic E-state index is -0.478. The second-order valence-corrected chi connectivity index (χ2v) is 4.59. The van der Waals surface area contributed by atoms with Crippen LogP contribution in [0.25, 0.3) is 0 Å². The van der Waals surface area contributed by atoms with Crippen LogP contribution in [0, 0.1) is 0 Å². The lowest BCUT2D eigenvalue weighted by molar-refractivity contribution is 0.0398. The summed E-state index contributed by atoms with van der Waals surface area (Å²) in [5.41, 5.74) is 0.934. The third-order valence-electron chi connectivity index (χ3n) is 2.85. The van der Waals surface area contributed by atoms with Gasteiger partial charge in [0.15, 0.2) is 0 Å². The van der Waals surface area contributed by atoms with Gasteiger partial charge in [0.1, 0.15) is 0 Å². The Hall–Kier alpha value is -0.940. The molecule has 0 fully saturated rings. The van der Waals surface area contributed by atoms with E-state index in [1.54, 1.807) is 7.11 Å². The summed E-state index contributed by atoms with van der Waals surface area (Å²) in [5.74, 6) is 0. The highest BCUT2D eigenvalue weighted by molar-refractivity contribution is 5.17. The SMILES string of the molecule is COCC(O)CN(C)CCC(O)c1ccccc1. The average Bonchev–Trinajstić information content (AvgIpc) is 2.37. The normalized spacial score (nSPS) is 14.7. The molecule has 0 heterocycles. The molecule has 4 heteroatoms. The third-order valence-corrected chi connectivity index (χ3v) is 2.85. The second-order valence-electron chi connectivity index (χ2n) is 4.59. The molecule has 2 unspecified atom stereocenters. The zero-order valence-corrected chi connectivity index (χ0v) is 11.1. The van der Waals surface area contributed by atoms with Crippen LogP contribution in [-0.2, 0) is 4.74 Å². The maximum atomic E-state index is 9.99. The van der Waals surface area contributed by atoms with Gasteiger partial charge >= 0.3 is 0 Å². The van der Waals surface area contributed by atoms with E-state index in [0.717, 1.165) is 12.1 Å². The van der Waals surface area contributed by atoms with Crippen molar-refractivity contribution in [3.8, 4) is 0 Å². The Morgan fingerprint density at radius 2 is 1.89 bits per heavy atom. The first-order valence-corrected chi connectivity index (χ1v) is 6.22. The number of rotatable bonds is 8. The summed E-state index contributed by atoms with van der Waals surface area (Å²) < 4.78 is 4.87. The first-order valence-electron chi connectivity index (χ1n) is 6.22. The summed E-state index contributed by atoms with van der Waals surface area (Å²) in [4.78, 5) is 2.00. The Balaban J connectivity index is 2.28. The van der Waals surface area contributed by atoms with E-state index >= 15 is 0 Å². The van der Waals surface area contributed by atoms with Crippen LogP contribution in [0.4, 0.5) is 0 Å². The van der Waals surface area contributed by atoms with Gasteiger partial charge in [-0.2, -0.15) is 0 Å². The van der Waals surface area contributed by atoms with Gasteiger partial charge in [-0.15, -0.1) is 0 Å². The number of aliphatic hydroxyl groups excluding tert-OH is 2. The van der Waals surface area contributed by atoms with E-state index in [0.29, 0.717) is 19.6 Å². The van der Waals surface area contributed by atoms with Crippen molar-refractivity contribution in [2.75, 3.05) is 33.9 Å². The van der Waals surface area contributed by atoms with Crippen LogP contribution in [0.5, 0.6) is 0 Å². The molecule has 0 saturated carbocycles. The molecule has 18 heavy (non-hydrogen) atoms. The van der Waals surface area contributed by atoms with Crippen molar-refractivity contribution in [3.63, 3.8) is 0 Å². The predicted molar refractivity (Wildman–Crippen MR) is 71.4 cm³/mol. The Morgan fingerprint density at radius 1 is 1.22 bits per heavy atom. The van der Waals surface area contributed by atoms with Gasteiger partial charge < -0.3 is 19.8 Å². The van der Waals surface area contributed by atoms with E-state index in [2.05, 4.69) is 0 Å².